The first kappa shape index (κ1) is 21.6. The number of thiophene rings is 1. The molecule has 1 aliphatic heterocycles. The lowest BCUT2D eigenvalue weighted by molar-refractivity contribution is 0.145. The number of carbonyl (C=O) groups excluding carboxylic acids is 1. The van der Waals surface area contributed by atoms with Crippen molar-refractivity contribution in [2.75, 3.05) is 24.5 Å². The van der Waals surface area contributed by atoms with Gasteiger partial charge in [0, 0.05) is 35.6 Å². The van der Waals surface area contributed by atoms with E-state index in [4.69, 9.17) is 0 Å². The zero-order valence-electron chi connectivity index (χ0n) is 17.6. The van der Waals surface area contributed by atoms with Crippen molar-refractivity contribution in [2.45, 2.75) is 38.3 Å². The minimum absolute atomic E-state index is 0.267. The Morgan fingerprint density at radius 3 is 2.84 bits per heavy atom. The molecule has 4 rings (SSSR count). The zero-order valence-corrected chi connectivity index (χ0v) is 18.4. The highest BCUT2D eigenvalue weighted by molar-refractivity contribution is 7.17. The number of carbonyl (C=O) groups is 1. The van der Waals surface area contributed by atoms with Gasteiger partial charge in [-0.15, -0.1) is 11.3 Å². The van der Waals surface area contributed by atoms with Gasteiger partial charge >= 0.3 is 6.03 Å². The van der Waals surface area contributed by atoms with Gasteiger partial charge in [0.25, 0.3) is 0 Å². The van der Waals surface area contributed by atoms with Gasteiger partial charge < -0.3 is 20.6 Å². The van der Waals surface area contributed by atoms with Crippen LogP contribution in [0, 0.1) is 5.82 Å². The summed E-state index contributed by atoms with van der Waals surface area (Å²) in [6.45, 7) is 3.82. The molecule has 3 N–H and O–H groups in total. The first-order valence-corrected chi connectivity index (χ1v) is 11.6. The zero-order chi connectivity index (χ0) is 21.8. The van der Waals surface area contributed by atoms with Crippen LogP contribution in [0.15, 0.2) is 47.8 Å². The normalized spacial score (nSPS) is 15.8. The van der Waals surface area contributed by atoms with Crippen LogP contribution in [0.3, 0.4) is 0 Å². The molecule has 1 unspecified atom stereocenters. The van der Waals surface area contributed by atoms with Crippen LogP contribution >= 0.6 is 11.3 Å². The molecule has 0 aliphatic carbocycles. The predicted molar refractivity (Wildman–Crippen MR) is 124 cm³/mol. The average molecular weight is 442 g/mol. The summed E-state index contributed by atoms with van der Waals surface area (Å²) < 4.78 is 15.2. The first-order valence-electron chi connectivity index (χ1n) is 10.7. The molecule has 164 valence electrons. The maximum Gasteiger partial charge on any atom is 0.315 e. The number of nitrogens with zero attached hydrogens (tertiary/aromatic N) is 1. The van der Waals surface area contributed by atoms with Crippen molar-refractivity contribution < 1.29 is 14.3 Å². The van der Waals surface area contributed by atoms with Crippen molar-refractivity contribution >= 4 is 33.1 Å². The summed E-state index contributed by atoms with van der Waals surface area (Å²) in [5.74, 6) is -0.325. The molecule has 0 radical (unpaired) electrons. The Balaban J connectivity index is 1.36. The molecule has 1 aliphatic rings. The average Bonchev–Trinajstić information content (AvgIpc) is 3.17. The highest BCUT2D eigenvalue weighted by atomic mass is 32.1. The van der Waals surface area contributed by atoms with Crippen LogP contribution in [0.25, 0.3) is 10.1 Å². The highest BCUT2D eigenvalue weighted by Crippen LogP contribution is 2.30. The number of amides is 2. The summed E-state index contributed by atoms with van der Waals surface area (Å²) in [5.41, 5.74) is 2.88. The maximum absolute atomic E-state index is 14.0. The van der Waals surface area contributed by atoms with E-state index in [2.05, 4.69) is 33.0 Å². The number of rotatable bonds is 6. The number of urea groups is 1. The van der Waals surface area contributed by atoms with Crippen LogP contribution in [0.2, 0.25) is 0 Å². The van der Waals surface area contributed by atoms with Gasteiger partial charge in [-0.1, -0.05) is 18.2 Å². The third-order valence-electron chi connectivity index (χ3n) is 5.85. The Hall–Kier alpha value is -2.64. The molecule has 0 spiro atoms. The van der Waals surface area contributed by atoms with Crippen molar-refractivity contribution in [1.82, 2.24) is 10.6 Å². The number of halogens is 1. The third kappa shape index (κ3) is 5.17. The topological polar surface area (TPSA) is 64.6 Å². The number of aliphatic hydroxyl groups excluding tert-OH is 1. The second-order valence-electron chi connectivity index (χ2n) is 8.05. The van der Waals surface area contributed by atoms with Crippen molar-refractivity contribution in [2.24, 2.45) is 0 Å². The van der Waals surface area contributed by atoms with Gasteiger partial charge in [0.1, 0.15) is 5.82 Å². The molecule has 2 amide bonds. The fraction of sp³-hybridized carbons (Fsp3) is 0.375. The van der Waals surface area contributed by atoms with E-state index in [0.29, 0.717) is 32.5 Å². The van der Waals surface area contributed by atoms with Gasteiger partial charge in [-0.2, -0.15) is 0 Å². The van der Waals surface area contributed by atoms with E-state index in [0.717, 1.165) is 17.7 Å². The van der Waals surface area contributed by atoms with Crippen molar-refractivity contribution in [3.8, 4) is 0 Å². The largest absolute Gasteiger partial charge is 0.393 e. The van der Waals surface area contributed by atoms with Crippen LogP contribution in [0.1, 0.15) is 36.9 Å². The molecule has 0 bridgehead atoms. The molecule has 2 aromatic carbocycles. The minimum Gasteiger partial charge on any atom is -0.393 e. The van der Waals surface area contributed by atoms with Gasteiger partial charge in [-0.25, -0.2) is 9.18 Å². The second kappa shape index (κ2) is 9.66. The third-order valence-corrected chi connectivity index (χ3v) is 6.86. The summed E-state index contributed by atoms with van der Waals surface area (Å²) in [6, 6.07) is 12.3. The number of nitrogens with one attached hydrogen (secondary N) is 2. The number of hydrogen-bond acceptors (Lipinski definition) is 4. The summed E-state index contributed by atoms with van der Waals surface area (Å²) in [4.78, 5) is 14.6. The van der Waals surface area contributed by atoms with Crippen LogP contribution in [-0.4, -0.2) is 36.9 Å². The second-order valence-corrected chi connectivity index (χ2v) is 8.96. The molecule has 0 saturated carbocycles. The number of aliphatic hydroxyl groups is 1. The Morgan fingerprint density at radius 1 is 1.26 bits per heavy atom. The van der Waals surface area contributed by atoms with E-state index in [1.165, 1.54) is 27.8 Å². The molecule has 1 aromatic heterocycles. The molecule has 2 heterocycles. The number of benzene rings is 2. The van der Waals surface area contributed by atoms with Crippen LogP contribution in [0.4, 0.5) is 14.9 Å². The smallest absolute Gasteiger partial charge is 0.315 e. The van der Waals surface area contributed by atoms with Crippen LogP contribution < -0.4 is 15.5 Å². The monoisotopic (exact) mass is 441 g/mol. The molecule has 1 saturated heterocycles. The standard InChI is InChI=1S/C24H28FN3O2S/c1-16(21-14-18(25)6-7-22(21)28-12-9-19(29)10-13-28)27-24(30)26-11-8-17-15-31-23-5-3-2-4-20(17)23/h2-7,14-16,19,29H,8-13H2,1H3,(H2,26,27,30). The maximum atomic E-state index is 14.0. The van der Waals surface area contributed by atoms with Gasteiger partial charge in [-0.3, -0.25) is 0 Å². The highest BCUT2D eigenvalue weighted by Gasteiger charge is 2.22. The Kier molecular flexibility index (Phi) is 6.73. The fourth-order valence-electron chi connectivity index (χ4n) is 4.13. The molecule has 3 aromatic rings. The van der Waals surface area contributed by atoms with E-state index in [1.54, 1.807) is 17.4 Å². The molecular formula is C24H28FN3O2S. The van der Waals surface area contributed by atoms with Gasteiger partial charge in [-0.05, 0) is 66.8 Å². The number of hydrogen-bond donors (Lipinski definition) is 3. The summed E-state index contributed by atoms with van der Waals surface area (Å²) in [7, 11) is 0. The lowest BCUT2D eigenvalue weighted by Gasteiger charge is -2.34. The van der Waals surface area contributed by atoms with E-state index >= 15 is 0 Å². The SMILES string of the molecule is CC(NC(=O)NCCc1csc2ccccc12)c1cc(F)ccc1N1CCC(O)CC1. The molecule has 5 nitrogen and oxygen atoms in total. The fourth-order valence-corrected chi connectivity index (χ4v) is 5.13. The van der Waals surface area contributed by atoms with E-state index in [1.807, 2.05) is 19.1 Å². The molecule has 31 heavy (non-hydrogen) atoms. The first-order chi connectivity index (χ1) is 15.0. The van der Waals surface area contributed by atoms with Gasteiger partial charge in [0.2, 0.25) is 0 Å². The van der Waals surface area contributed by atoms with Gasteiger partial charge in [0.05, 0.1) is 12.1 Å². The van der Waals surface area contributed by atoms with Crippen LogP contribution in [0.5, 0.6) is 0 Å². The number of piperidine rings is 1. The predicted octanol–water partition coefficient (Wildman–Crippen LogP) is 4.60. The Bertz CT molecular complexity index is 1050. The van der Waals surface area contributed by atoms with E-state index in [-0.39, 0.29) is 24.0 Å². The molecular weight excluding hydrogens is 413 g/mol. The summed E-state index contributed by atoms with van der Waals surface area (Å²) in [5, 5.41) is 19.0. The van der Waals surface area contributed by atoms with Crippen molar-refractivity contribution in [3.63, 3.8) is 0 Å². The molecule has 1 atom stereocenters. The lowest BCUT2D eigenvalue weighted by atomic mass is 10.0. The van der Waals surface area contributed by atoms with Crippen molar-refractivity contribution in [1.29, 1.82) is 0 Å². The summed E-state index contributed by atoms with van der Waals surface area (Å²) >= 11 is 1.71. The minimum atomic E-state index is -0.348. The van der Waals surface area contributed by atoms with Gasteiger partial charge in [0.15, 0.2) is 0 Å². The molecule has 7 heteroatoms. The Morgan fingerprint density at radius 2 is 2.03 bits per heavy atom. The number of anilines is 1. The quantitative estimate of drug-likeness (QED) is 0.524. The van der Waals surface area contributed by atoms with E-state index in [9.17, 15) is 14.3 Å². The van der Waals surface area contributed by atoms with E-state index < -0.39 is 0 Å². The molecule has 1 fully saturated rings. The van der Waals surface area contributed by atoms with Crippen molar-refractivity contribution in [3.05, 3.63) is 64.8 Å². The number of fused-ring (bicyclic) bond motifs is 1. The summed E-state index contributed by atoms with van der Waals surface area (Å²) in [6.07, 6.45) is 1.86. The van der Waals surface area contributed by atoms with Crippen LogP contribution in [-0.2, 0) is 6.42 Å². The Labute approximate surface area is 185 Å². The lowest BCUT2D eigenvalue weighted by Crippen LogP contribution is -2.40.